The monoisotopic (exact) mass is 235 g/mol. The fraction of sp³-hybridized carbons (Fsp3) is 0.625. The van der Waals surface area contributed by atoms with Gasteiger partial charge in [-0.25, -0.2) is 4.98 Å². The quantitative estimate of drug-likeness (QED) is 0.771. The highest BCUT2D eigenvalue weighted by Gasteiger charge is 2.18. The summed E-state index contributed by atoms with van der Waals surface area (Å²) in [7, 11) is -2.20. The summed E-state index contributed by atoms with van der Waals surface area (Å²) in [5, 5.41) is 0.313. The summed E-state index contributed by atoms with van der Waals surface area (Å²) in [4.78, 5) is 15.8. The van der Waals surface area contributed by atoms with Crippen LogP contribution in [0, 0.1) is 0 Å². The van der Waals surface area contributed by atoms with E-state index in [0.29, 0.717) is 10.8 Å². The number of nitrogens with one attached hydrogen (secondary N) is 1. The number of nitrogens with zero attached hydrogens (tertiary/aromatic N) is 1. The molecule has 0 aromatic carbocycles. The highest BCUT2D eigenvalue weighted by molar-refractivity contribution is 7.37. The van der Waals surface area contributed by atoms with Gasteiger partial charge in [0.25, 0.3) is 0 Å². The highest BCUT2D eigenvalue weighted by atomic mass is 35.5. The molecule has 1 atom stereocenters. The average molecular weight is 236 g/mol. The molecule has 14 heavy (non-hydrogen) atoms. The van der Waals surface area contributed by atoms with Gasteiger partial charge in [0.15, 0.2) is 5.15 Å². The van der Waals surface area contributed by atoms with Crippen LogP contribution in [-0.4, -0.2) is 14.9 Å². The zero-order valence-electron chi connectivity index (χ0n) is 7.96. The van der Waals surface area contributed by atoms with Crippen molar-refractivity contribution >= 4 is 19.6 Å². The van der Waals surface area contributed by atoms with Crippen molar-refractivity contribution in [1.29, 1.82) is 0 Å². The SMILES string of the molecule is CCCCc1nc(Cl)c(C[P+](=O)O)[nH]1. The number of imidazole rings is 1. The van der Waals surface area contributed by atoms with Crippen LogP contribution < -0.4 is 0 Å². The van der Waals surface area contributed by atoms with E-state index in [0.717, 1.165) is 25.1 Å². The summed E-state index contributed by atoms with van der Waals surface area (Å²) in [6, 6.07) is 0. The van der Waals surface area contributed by atoms with Gasteiger partial charge in [0.1, 0.15) is 11.5 Å². The highest BCUT2D eigenvalue weighted by Crippen LogP contribution is 2.25. The second-order valence-electron chi connectivity index (χ2n) is 3.07. The Labute approximate surface area is 88.6 Å². The van der Waals surface area contributed by atoms with Gasteiger partial charge in [-0.05, 0) is 11.0 Å². The van der Waals surface area contributed by atoms with Crippen molar-refractivity contribution in [1.82, 2.24) is 9.97 Å². The minimum atomic E-state index is -2.20. The molecule has 0 aliphatic rings. The zero-order valence-corrected chi connectivity index (χ0v) is 9.61. The van der Waals surface area contributed by atoms with Gasteiger partial charge in [-0.3, -0.25) is 0 Å². The van der Waals surface area contributed by atoms with E-state index in [1.807, 2.05) is 0 Å². The Kier molecular flexibility index (Phi) is 4.52. The maximum Gasteiger partial charge on any atom is 0.511 e. The third kappa shape index (κ3) is 3.37. The molecular weight excluding hydrogens is 223 g/mol. The Morgan fingerprint density at radius 1 is 1.64 bits per heavy atom. The molecule has 0 aliphatic carbocycles. The number of hydrogen-bond donors (Lipinski definition) is 2. The molecule has 1 unspecified atom stereocenters. The number of aromatic nitrogens is 2. The fourth-order valence-electron chi connectivity index (χ4n) is 1.14. The van der Waals surface area contributed by atoms with E-state index in [1.165, 1.54) is 0 Å². The molecule has 0 spiro atoms. The molecule has 1 heterocycles. The second-order valence-corrected chi connectivity index (χ2v) is 4.45. The van der Waals surface area contributed by atoms with E-state index in [1.54, 1.807) is 0 Å². The third-order valence-corrected chi connectivity index (χ3v) is 2.74. The standard InChI is InChI=1S/C8H12ClN2O2P/c1-2-3-4-7-10-6(5-14(12)13)8(9)11-7/h2-5H2,1H3,(H-,10,11,12,13)/p+1. The van der Waals surface area contributed by atoms with Gasteiger partial charge in [0.05, 0.1) is 0 Å². The summed E-state index contributed by atoms with van der Waals surface area (Å²) in [5.74, 6) is 0.795. The van der Waals surface area contributed by atoms with E-state index >= 15 is 0 Å². The minimum Gasteiger partial charge on any atom is -0.341 e. The van der Waals surface area contributed by atoms with Gasteiger partial charge < -0.3 is 4.98 Å². The molecule has 6 heteroatoms. The predicted octanol–water partition coefficient (Wildman–Crippen LogP) is 2.64. The van der Waals surface area contributed by atoms with Crippen molar-refractivity contribution < 1.29 is 9.46 Å². The normalized spacial score (nSPS) is 11.8. The molecular formula is C8H13ClN2O2P+. The van der Waals surface area contributed by atoms with Crippen LogP contribution in [0.3, 0.4) is 0 Å². The second kappa shape index (κ2) is 5.44. The molecule has 0 aliphatic heterocycles. The van der Waals surface area contributed by atoms with Crippen LogP contribution in [-0.2, 0) is 17.1 Å². The summed E-state index contributed by atoms with van der Waals surface area (Å²) in [6.07, 6.45) is 3.00. The molecule has 0 fully saturated rings. The number of H-pyrrole nitrogens is 1. The van der Waals surface area contributed by atoms with Crippen LogP contribution in [0.25, 0.3) is 0 Å². The van der Waals surface area contributed by atoms with Crippen molar-refractivity contribution in [2.75, 3.05) is 0 Å². The number of aromatic amines is 1. The fourth-order valence-corrected chi connectivity index (χ4v) is 1.95. The van der Waals surface area contributed by atoms with E-state index in [-0.39, 0.29) is 6.16 Å². The van der Waals surface area contributed by atoms with E-state index < -0.39 is 8.03 Å². The predicted molar refractivity (Wildman–Crippen MR) is 55.7 cm³/mol. The molecule has 2 N–H and O–H groups in total. The molecule has 1 rings (SSSR count). The number of aryl methyl sites for hydroxylation is 1. The van der Waals surface area contributed by atoms with Crippen LogP contribution in [0.4, 0.5) is 0 Å². The number of halogens is 1. The van der Waals surface area contributed by atoms with Crippen LogP contribution >= 0.6 is 19.6 Å². The molecule has 1 aromatic heterocycles. The summed E-state index contributed by atoms with van der Waals surface area (Å²) in [6.45, 7) is 2.09. The lowest BCUT2D eigenvalue weighted by atomic mass is 10.2. The van der Waals surface area contributed by atoms with Crippen molar-refractivity contribution in [2.24, 2.45) is 0 Å². The van der Waals surface area contributed by atoms with Crippen LogP contribution in [0.2, 0.25) is 5.15 Å². The Hall–Kier alpha value is -0.440. The van der Waals surface area contributed by atoms with Crippen LogP contribution in [0.5, 0.6) is 0 Å². The first kappa shape index (κ1) is 11.6. The van der Waals surface area contributed by atoms with Gasteiger partial charge in [-0.15, -0.1) is 0 Å². The van der Waals surface area contributed by atoms with Gasteiger partial charge in [0.2, 0.25) is 6.16 Å². The van der Waals surface area contributed by atoms with E-state index in [2.05, 4.69) is 16.9 Å². The summed E-state index contributed by atoms with van der Waals surface area (Å²) in [5.41, 5.74) is 0.557. The van der Waals surface area contributed by atoms with Crippen molar-refractivity contribution in [2.45, 2.75) is 32.3 Å². The van der Waals surface area contributed by atoms with Gasteiger partial charge >= 0.3 is 8.03 Å². The smallest absolute Gasteiger partial charge is 0.341 e. The lowest BCUT2D eigenvalue weighted by Gasteiger charge is -1.91. The topological polar surface area (TPSA) is 66.0 Å². The van der Waals surface area contributed by atoms with Gasteiger partial charge in [-0.1, -0.05) is 24.9 Å². The van der Waals surface area contributed by atoms with Gasteiger partial charge in [-0.2, -0.15) is 4.89 Å². The largest absolute Gasteiger partial charge is 0.511 e. The Morgan fingerprint density at radius 3 is 2.93 bits per heavy atom. The maximum absolute atomic E-state index is 10.6. The Balaban J connectivity index is 2.66. The number of rotatable bonds is 5. The first-order chi connectivity index (χ1) is 6.63. The molecule has 4 nitrogen and oxygen atoms in total. The molecule has 0 amide bonds. The van der Waals surface area contributed by atoms with Crippen molar-refractivity contribution in [3.63, 3.8) is 0 Å². The first-order valence-electron chi connectivity index (χ1n) is 4.50. The van der Waals surface area contributed by atoms with E-state index in [9.17, 15) is 4.57 Å². The van der Waals surface area contributed by atoms with Crippen LogP contribution in [0.1, 0.15) is 31.3 Å². The molecule has 0 bridgehead atoms. The molecule has 78 valence electrons. The van der Waals surface area contributed by atoms with Crippen molar-refractivity contribution in [3.8, 4) is 0 Å². The van der Waals surface area contributed by atoms with Crippen molar-refractivity contribution in [3.05, 3.63) is 16.7 Å². The summed E-state index contributed by atoms with van der Waals surface area (Å²) < 4.78 is 10.6. The average Bonchev–Trinajstić information content (AvgIpc) is 2.43. The Morgan fingerprint density at radius 2 is 2.36 bits per heavy atom. The maximum atomic E-state index is 10.6. The minimum absolute atomic E-state index is 0.0489. The lowest BCUT2D eigenvalue weighted by molar-refractivity contribution is 0.501. The van der Waals surface area contributed by atoms with Gasteiger partial charge in [0, 0.05) is 6.42 Å². The number of hydrogen-bond acceptors (Lipinski definition) is 2. The molecule has 1 aromatic rings. The lowest BCUT2D eigenvalue weighted by Crippen LogP contribution is -1.87. The molecule has 0 radical (unpaired) electrons. The first-order valence-corrected chi connectivity index (χ1v) is 6.27. The zero-order chi connectivity index (χ0) is 10.6. The Bertz CT molecular complexity index is 327. The van der Waals surface area contributed by atoms with E-state index in [4.69, 9.17) is 16.5 Å². The van der Waals surface area contributed by atoms with Crippen LogP contribution in [0.15, 0.2) is 0 Å². The molecule has 0 saturated carbocycles. The summed E-state index contributed by atoms with van der Waals surface area (Å²) >= 11 is 5.79. The molecule has 0 saturated heterocycles. The third-order valence-electron chi connectivity index (χ3n) is 1.84. The number of unbranched alkanes of at least 4 members (excludes halogenated alkanes) is 1.